The first-order chi connectivity index (χ1) is 9.26. The number of piperazine rings is 1. The minimum absolute atomic E-state index is 0.0708. The molecule has 1 saturated heterocycles. The van der Waals surface area contributed by atoms with E-state index >= 15 is 0 Å². The van der Waals surface area contributed by atoms with Gasteiger partial charge in [-0.1, -0.05) is 11.6 Å². The highest BCUT2D eigenvalue weighted by atomic mass is 35.5. The van der Waals surface area contributed by atoms with Crippen molar-refractivity contribution in [2.45, 2.75) is 19.4 Å². The summed E-state index contributed by atoms with van der Waals surface area (Å²) in [5, 5.41) is 10.9. The second-order valence-electron chi connectivity index (χ2n) is 5.03. The van der Waals surface area contributed by atoms with Crippen molar-refractivity contribution in [1.82, 2.24) is 14.9 Å². The molecule has 0 aliphatic carbocycles. The number of halogens is 1. The fraction of sp³-hybridized carbons (Fsp3) is 0.545. The fourth-order valence-electron chi connectivity index (χ4n) is 2.29. The van der Waals surface area contributed by atoms with Gasteiger partial charge >= 0.3 is 5.69 Å². The van der Waals surface area contributed by atoms with Crippen molar-refractivity contribution < 1.29 is 9.72 Å². The van der Waals surface area contributed by atoms with Gasteiger partial charge in [-0.05, 0) is 13.8 Å². The molecule has 0 N–H and O–H groups in total. The van der Waals surface area contributed by atoms with Crippen LogP contribution in [0.25, 0.3) is 0 Å². The molecule has 0 unspecified atom stereocenters. The highest BCUT2D eigenvalue weighted by Gasteiger charge is 2.44. The molecule has 0 saturated carbocycles. The maximum absolute atomic E-state index is 12.2. The molecule has 1 aliphatic rings. The highest BCUT2D eigenvalue weighted by Crippen LogP contribution is 2.36. The van der Waals surface area contributed by atoms with Crippen LogP contribution in [0.5, 0.6) is 0 Å². The molecule has 0 atom stereocenters. The summed E-state index contributed by atoms with van der Waals surface area (Å²) in [5.41, 5.74) is -1.31. The lowest BCUT2D eigenvalue weighted by molar-refractivity contribution is -0.384. The van der Waals surface area contributed by atoms with Crippen molar-refractivity contribution in [2.75, 3.05) is 25.0 Å². The molecule has 108 valence electrons. The molecule has 8 nitrogen and oxygen atoms in total. The molecular weight excluding hydrogens is 286 g/mol. The molecule has 9 heteroatoms. The molecule has 1 amide bonds. The summed E-state index contributed by atoms with van der Waals surface area (Å²) in [4.78, 5) is 33.5. The van der Waals surface area contributed by atoms with E-state index in [2.05, 4.69) is 9.97 Å². The Bertz CT molecular complexity index is 577. The Kier molecular flexibility index (Phi) is 3.51. The highest BCUT2D eigenvalue weighted by molar-refractivity contribution is 6.31. The van der Waals surface area contributed by atoms with Crippen molar-refractivity contribution in [3.8, 4) is 0 Å². The first kappa shape index (κ1) is 14.4. The van der Waals surface area contributed by atoms with E-state index in [0.717, 1.165) is 6.33 Å². The molecular formula is C11H14ClN5O3. The van der Waals surface area contributed by atoms with Gasteiger partial charge in [-0.2, -0.15) is 0 Å². The molecule has 0 radical (unpaired) electrons. The van der Waals surface area contributed by atoms with Gasteiger partial charge in [0.1, 0.15) is 11.9 Å². The van der Waals surface area contributed by atoms with Crippen LogP contribution in [0.4, 0.5) is 11.5 Å². The van der Waals surface area contributed by atoms with E-state index in [1.807, 2.05) is 0 Å². The molecule has 1 aromatic heterocycles. The van der Waals surface area contributed by atoms with E-state index in [4.69, 9.17) is 11.6 Å². The SMILES string of the molecule is CN1CCN(c2ncnc(Cl)c2[N+](=O)[O-])C(C)(C)C1=O. The van der Waals surface area contributed by atoms with E-state index in [-0.39, 0.29) is 22.6 Å². The molecule has 1 fully saturated rings. The van der Waals surface area contributed by atoms with Gasteiger partial charge in [-0.15, -0.1) is 0 Å². The summed E-state index contributed by atoms with van der Waals surface area (Å²) in [5.74, 6) is -0.0609. The van der Waals surface area contributed by atoms with Crippen molar-refractivity contribution in [3.05, 3.63) is 21.6 Å². The summed E-state index contributed by atoms with van der Waals surface area (Å²) in [6.07, 6.45) is 1.16. The van der Waals surface area contributed by atoms with Crippen molar-refractivity contribution in [2.24, 2.45) is 0 Å². The summed E-state index contributed by atoms with van der Waals surface area (Å²) < 4.78 is 0. The average Bonchev–Trinajstić information content (AvgIpc) is 2.35. The number of carbonyl (C=O) groups is 1. The standard InChI is InChI=1S/C11H14ClN5O3/c1-11(2)10(18)15(3)4-5-16(11)9-7(17(19)20)8(12)13-6-14-9/h6H,4-5H2,1-3H3. The third kappa shape index (κ3) is 2.15. The van der Waals surface area contributed by atoms with Crippen molar-refractivity contribution >= 4 is 29.0 Å². The minimum Gasteiger partial charge on any atom is -0.342 e. The summed E-state index contributed by atoms with van der Waals surface area (Å²) >= 11 is 5.79. The van der Waals surface area contributed by atoms with Gasteiger partial charge in [-0.25, -0.2) is 9.97 Å². The zero-order valence-electron chi connectivity index (χ0n) is 11.3. The number of hydrogen-bond acceptors (Lipinski definition) is 6. The van der Waals surface area contributed by atoms with Gasteiger partial charge in [0, 0.05) is 20.1 Å². The molecule has 0 bridgehead atoms. The predicted molar refractivity (Wildman–Crippen MR) is 72.8 cm³/mol. The van der Waals surface area contributed by atoms with Crippen LogP contribution in [0.2, 0.25) is 5.15 Å². The third-order valence-electron chi connectivity index (χ3n) is 3.40. The van der Waals surface area contributed by atoms with E-state index in [9.17, 15) is 14.9 Å². The molecule has 20 heavy (non-hydrogen) atoms. The van der Waals surface area contributed by atoms with Gasteiger partial charge in [0.05, 0.1) is 4.92 Å². The largest absolute Gasteiger partial charge is 0.348 e. The molecule has 2 heterocycles. The molecule has 1 aliphatic heterocycles. The molecule has 1 aromatic rings. The van der Waals surface area contributed by atoms with E-state index in [0.29, 0.717) is 13.1 Å². The van der Waals surface area contributed by atoms with Crippen LogP contribution in [-0.4, -0.2) is 51.4 Å². The number of nitro groups is 1. The normalized spacial score (nSPS) is 18.3. The summed E-state index contributed by atoms with van der Waals surface area (Å²) in [6, 6.07) is 0. The maximum Gasteiger partial charge on any atom is 0.348 e. The van der Waals surface area contributed by atoms with Gasteiger partial charge in [0.15, 0.2) is 0 Å². The topological polar surface area (TPSA) is 92.5 Å². The number of hydrogen-bond donors (Lipinski definition) is 0. The van der Waals surface area contributed by atoms with E-state index in [1.54, 1.807) is 30.7 Å². The van der Waals surface area contributed by atoms with Crippen LogP contribution in [0.1, 0.15) is 13.8 Å². The van der Waals surface area contributed by atoms with Crippen LogP contribution in [0, 0.1) is 10.1 Å². The van der Waals surface area contributed by atoms with Crippen LogP contribution >= 0.6 is 11.6 Å². The number of amides is 1. The predicted octanol–water partition coefficient (Wildman–Crippen LogP) is 1.10. The lowest BCUT2D eigenvalue weighted by Crippen LogP contribution is -2.62. The zero-order chi connectivity index (χ0) is 15.1. The molecule has 0 aromatic carbocycles. The fourth-order valence-corrected chi connectivity index (χ4v) is 2.48. The second kappa shape index (κ2) is 4.86. The zero-order valence-corrected chi connectivity index (χ0v) is 12.1. The summed E-state index contributed by atoms with van der Waals surface area (Å²) in [7, 11) is 1.70. The van der Waals surface area contributed by atoms with Gasteiger partial charge in [0.2, 0.25) is 16.9 Å². The second-order valence-corrected chi connectivity index (χ2v) is 5.39. The van der Waals surface area contributed by atoms with Gasteiger partial charge in [0.25, 0.3) is 0 Å². The van der Waals surface area contributed by atoms with Crippen LogP contribution in [0.3, 0.4) is 0 Å². The number of rotatable bonds is 2. The first-order valence-corrected chi connectivity index (χ1v) is 6.32. The third-order valence-corrected chi connectivity index (χ3v) is 3.68. The molecule has 2 rings (SSSR count). The van der Waals surface area contributed by atoms with Gasteiger partial charge in [-0.3, -0.25) is 14.9 Å². The van der Waals surface area contributed by atoms with Crippen LogP contribution in [0.15, 0.2) is 6.33 Å². The Balaban J connectivity index is 2.54. The number of likely N-dealkylation sites (N-methyl/N-ethyl adjacent to an activating group) is 1. The van der Waals surface area contributed by atoms with Crippen molar-refractivity contribution in [1.29, 1.82) is 0 Å². The smallest absolute Gasteiger partial charge is 0.342 e. The Morgan fingerprint density at radius 1 is 1.40 bits per heavy atom. The Morgan fingerprint density at radius 2 is 2.05 bits per heavy atom. The Hall–Kier alpha value is -1.96. The van der Waals surface area contributed by atoms with Crippen LogP contribution < -0.4 is 4.90 Å². The Labute approximate surface area is 120 Å². The van der Waals surface area contributed by atoms with Crippen molar-refractivity contribution in [3.63, 3.8) is 0 Å². The number of carbonyl (C=O) groups excluding carboxylic acids is 1. The maximum atomic E-state index is 12.2. The lowest BCUT2D eigenvalue weighted by atomic mass is 9.97. The average molecular weight is 300 g/mol. The summed E-state index contributed by atoms with van der Waals surface area (Å²) in [6.45, 7) is 4.29. The Morgan fingerprint density at radius 3 is 2.65 bits per heavy atom. The minimum atomic E-state index is -0.935. The van der Waals surface area contributed by atoms with Gasteiger partial charge < -0.3 is 9.80 Å². The van der Waals surface area contributed by atoms with Crippen LogP contribution in [-0.2, 0) is 4.79 Å². The van der Waals surface area contributed by atoms with E-state index < -0.39 is 10.5 Å². The lowest BCUT2D eigenvalue weighted by Gasteiger charge is -2.44. The molecule has 0 spiro atoms. The first-order valence-electron chi connectivity index (χ1n) is 5.95. The number of aromatic nitrogens is 2. The number of anilines is 1. The van der Waals surface area contributed by atoms with E-state index in [1.165, 1.54) is 0 Å². The monoisotopic (exact) mass is 299 g/mol. The number of nitrogens with zero attached hydrogens (tertiary/aromatic N) is 5. The quantitative estimate of drug-likeness (QED) is 0.461.